The number of nitrogens with one attached hydrogen (secondary N) is 1. The Morgan fingerprint density at radius 1 is 0.975 bits per heavy atom. The Labute approximate surface area is 254 Å². The van der Waals surface area contributed by atoms with Crippen LogP contribution >= 0.6 is 39.1 Å². The minimum Gasteiger partial charge on any atom is -0.352 e. The van der Waals surface area contributed by atoms with Gasteiger partial charge < -0.3 is 10.2 Å². The van der Waals surface area contributed by atoms with Crippen LogP contribution in [0.15, 0.2) is 76.1 Å². The lowest BCUT2D eigenvalue weighted by Crippen LogP contribution is -2.52. The van der Waals surface area contributed by atoms with Gasteiger partial charge in [0.15, 0.2) is 0 Å². The third-order valence-electron chi connectivity index (χ3n) is 6.53. The highest BCUT2D eigenvalue weighted by molar-refractivity contribution is 9.10. The molecule has 0 bridgehead atoms. The fourth-order valence-electron chi connectivity index (χ4n) is 3.86. The first kappa shape index (κ1) is 31.9. The molecule has 0 unspecified atom stereocenters. The standard InChI is InChI=1S/C29H32BrCl2N3O4S/c1-5-20(3)33-29(37)21(4)34(17-22-8-11-24(31)16-27(22)32)28(36)18-35(25-12-9-23(30)10-13-25)40(38,39)26-14-6-19(2)7-15-26/h6-16,20-21H,5,17-18H2,1-4H3,(H,33,37)/t20-,21-/m0/s1. The van der Waals surface area contributed by atoms with Gasteiger partial charge in [-0.1, -0.05) is 69.8 Å². The minimum atomic E-state index is -4.14. The predicted molar refractivity (Wildman–Crippen MR) is 164 cm³/mol. The van der Waals surface area contributed by atoms with Crippen molar-refractivity contribution in [3.63, 3.8) is 0 Å². The second kappa shape index (κ2) is 13.9. The summed E-state index contributed by atoms with van der Waals surface area (Å²) in [6.07, 6.45) is 0.710. The summed E-state index contributed by atoms with van der Waals surface area (Å²) in [4.78, 5) is 28.5. The van der Waals surface area contributed by atoms with Gasteiger partial charge in [-0.3, -0.25) is 13.9 Å². The molecule has 0 fully saturated rings. The van der Waals surface area contributed by atoms with E-state index in [1.807, 2.05) is 20.8 Å². The monoisotopic (exact) mass is 667 g/mol. The molecule has 0 saturated carbocycles. The maximum Gasteiger partial charge on any atom is 0.264 e. The number of benzene rings is 3. The Hall–Kier alpha value is -2.59. The Balaban J connectivity index is 2.04. The summed E-state index contributed by atoms with van der Waals surface area (Å²) < 4.78 is 29.5. The highest BCUT2D eigenvalue weighted by Crippen LogP contribution is 2.27. The van der Waals surface area contributed by atoms with E-state index in [1.165, 1.54) is 17.0 Å². The maximum atomic E-state index is 14.0. The normalized spacial score (nSPS) is 12.9. The van der Waals surface area contributed by atoms with Crippen LogP contribution in [0.3, 0.4) is 0 Å². The summed E-state index contributed by atoms with van der Waals surface area (Å²) in [5.41, 5.74) is 1.77. The molecule has 3 aromatic rings. The largest absolute Gasteiger partial charge is 0.352 e. The fourth-order valence-corrected chi connectivity index (χ4v) is 6.00. The molecule has 1 N–H and O–H groups in total. The maximum absolute atomic E-state index is 14.0. The number of nitrogens with zero attached hydrogens (tertiary/aromatic N) is 2. The van der Waals surface area contributed by atoms with Gasteiger partial charge >= 0.3 is 0 Å². The van der Waals surface area contributed by atoms with Crippen molar-refractivity contribution >= 4 is 66.7 Å². The van der Waals surface area contributed by atoms with E-state index in [9.17, 15) is 18.0 Å². The van der Waals surface area contributed by atoms with E-state index < -0.39 is 28.5 Å². The molecule has 0 radical (unpaired) electrons. The number of halogens is 3. The smallest absolute Gasteiger partial charge is 0.264 e. The van der Waals surface area contributed by atoms with Crippen molar-refractivity contribution in [3.05, 3.63) is 92.4 Å². The zero-order valence-corrected chi connectivity index (χ0v) is 26.6. The van der Waals surface area contributed by atoms with Crippen LogP contribution in [0.5, 0.6) is 0 Å². The average Bonchev–Trinajstić information content (AvgIpc) is 2.91. The molecule has 0 spiro atoms. The van der Waals surface area contributed by atoms with Gasteiger partial charge in [-0.25, -0.2) is 8.42 Å². The van der Waals surface area contributed by atoms with Crippen LogP contribution in [0, 0.1) is 6.92 Å². The topological polar surface area (TPSA) is 86.8 Å². The van der Waals surface area contributed by atoms with E-state index >= 15 is 0 Å². The Morgan fingerprint density at radius 2 is 1.60 bits per heavy atom. The summed E-state index contributed by atoms with van der Waals surface area (Å²) in [5.74, 6) is -0.930. The first-order chi connectivity index (χ1) is 18.8. The number of sulfonamides is 1. The Bertz CT molecular complexity index is 1450. The van der Waals surface area contributed by atoms with Gasteiger partial charge in [0.05, 0.1) is 10.6 Å². The highest BCUT2D eigenvalue weighted by Gasteiger charge is 2.33. The first-order valence-corrected chi connectivity index (χ1v) is 15.7. The minimum absolute atomic E-state index is 0.0251. The van der Waals surface area contributed by atoms with E-state index in [-0.39, 0.29) is 23.4 Å². The van der Waals surface area contributed by atoms with Crippen LogP contribution in [-0.4, -0.2) is 43.8 Å². The van der Waals surface area contributed by atoms with Crippen molar-refractivity contribution in [3.8, 4) is 0 Å². The molecule has 3 rings (SSSR count). The van der Waals surface area contributed by atoms with Crippen LogP contribution in [0.1, 0.15) is 38.3 Å². The second-order valence-corrected chi connectivity index (χ2v) is 13.2. The van der Waals surface area contributed by atoms with Gasteiger partial charge in [-0.05, 0) is 81.3 Å². The number of hydrogen-bond acceptors (Lipinski definition) is 4. The number of amides is 2. The Kier molecular flexibility index (Phi) is 11.1. The van der Waals surface area contributed by atoms with Gasteiger partial charge in [0, 0.05) is 27.1 Å². The first-order valence-electron chi connectivity index (χ1n) is 12.7. The molecule has 0 aliphatic rings. The summed E-state index contributed by atoms with van der Waals surface area (Å²) in [5, 5.41) is 3.66. The van der Waals surface area contributed by atoms with Crippen molar-refractivity contribution < 1.29 is 18.0 Å². The van der Waals surface area contributed by atoms with Crippen molar-refractivity contribution in [1.29, 1.82) is 0 Å². The van der Waals surface area contributed by atoms with Crippen molar-refractivity contribution in [1.82, 2.24) is 10.2 Å². The molecule has 11 heteroatoms. The zero-order chi connectivity index (χ0) is 29.6. The van der Waals surface area contributed by atoms with E-state index in [1.54, 1.807) is 61.5 Å². The fraction of sp³-hybridized carbons (Fsp3) is 0.310. The quantitative estimate of drug-likeness (QED) is 0.250. The zero-order valence-electron chi connectivity index (χ0n) is 22.7. The van der Waals surface area contributed by atoms with Crippen LogP contribution in [-0.2, 0) is 26.2 Å². The Morgan fingerprint density at radius 3 is 2.17 bits per heavy atom. The number of carbonyl (C=O) groups excluding carboxylic acids is 2. The average molecular weight is 669 g/mol. The van der Waals surface area contributed by atoms with Crippen molar-refractivity contribution in [2.45, 2.75) is 57.6 Å². The number of carbonyl (C=O) groups is 2. The lowest BCUT2D eigenvalue weighted by molar-refractivity contribution is -0.139. The number of anilines is 1. The lowest BCUT2D eigenvalue weighted by Gasteiger charge is -2.32. The predicted octanol–water partition coefficient (Wildman–Crippen LogP) is 6.59. The number of hydrogen-bond donors (Lipinski definition) is 1. The van der Waals surface area contributed by atoms with Crippen LogP contribution in [0.2, 0.25) is 10.0 Å². The molecule has 214 valence electrons. The summed E-state index contributed by atoms with van der Waals surface area (Å²) >= 11 is 15.9. The molecule has 40 heavy (non-hydrogen) atoms. The highest BCUT2D eigenvalue weighted by atomic mass is 79.9. The van der Waals surface area contributed by atoms with E-state index in [4.69, 9.17) is 23.2 Å². The summed E-state index contributed by atoms with van der Waals surface area (Å²) in [6, 6.07) is 16.9. The molecule has 0 heterocycles. The molecule has 0 aromatic heterocycles. The molecule has 0 saturated heterocycles. The van der Waals surface area contributed by atoms with Gasteiger partial charge in [0.2, 0.25) is 11.8 Å². The number of aryl methyl sites for hydroxylation is 1. The summed E-state index contributed by atoms with van der Waals surface area (Å²) in [7, 11) is -4.14. The lowest BCUT2D eigenvalue weighted by atomic mass is 10.1. The van der Waals surface area contributed by atoms with E-state index in [0.717, 1.165) is 14.3 Å². The molecule has 0 aliphatic carbocycles. The van der Waals surface area contributed by atoms with E-state index in [0.29, 0.717) is 27.7 Å². The van der Waals surface area contributed by atoms with Crippen molar-refractivity contribution in [2.75, 3.05) is 10.8 Å². The van der Waals surface area contributed by atoms with Crippen LogP contribution < -0.4 is 9.62 Å². The number of rotatable bonds is 11. The molecule has 2 amide bonds. The second-order valence-electron chi connectivity index (χ2n) is 9.55. The summed E-state index contributed by atoms with van der Waals surface area (Å²) in [6.45, 7) is 6.72. The third-order valence-corrected chi connectivity index (χ3v) is 9.43. The SMILES string of the molecule is CC[C@H](C)NC(=O)[C@H](C)N(Cc1ccc(Cl)cc1Cl)C(=O)CN(c1ccc(Br)cc1)S(=O)(=O)c1ccc(C)cc1. The van der Waals surface area contributed by atoms with Gasteiger partial charge in [-0.2, -0.15) is 0 Å². The molecule has 2 atom stereocenters. The van der Waals surface area contributed by atoms with E-state index in [2.05, 4.69) is 21.2 Å². The molecule has 0 aliphatic heterocycles. The molecule has 3 aromatic carbocycles. The van der Waals surface area contributed by atoms with Gasteiger partial charge in [-0.15, -0.1) is 0 Å². The van der Waals surface area contributed by atoms with Crippen LogP contribution in [0.25, 0.3) is 0 Å². The van der Waals surface area contributed by atoms with Crippen molar-refractivity contribution in [2.24, 2.45) is 0 Å². The molecular weight excluding hydrogens is 637 g/mol. The van der Waals surface area contributed by atoms with Gasteiger partial charge in [0.1, 0.15) is 12.6 Å². The van der Waals surface area contributed by atoms with Gasteiger partial charge in [0.25, 0.3) is 10.0 Å². The molecule has 7 nitrogen and oxygen atoms in total. The molecular formula is C29H32BrCl2N3O4S. The van der Waals surface area contributed by atoms with Crippen LogP contribution in [0.4, 0.5) is 5.69 Å². The third kappa shape index (κ3) is 8.00.